The fraction of sp³-hybridized carbons (Fsp3) is 0.714. The molecule has 2 atom stereocenters. The molecule has 3 rings (SSSR count). The predicted molar refractivity (Wildman–Crippen MR) is 66.8 cm³/mol. The summed E-state index contributed by atoms with van der Waals surface area (Å²) in [6, 6.07) is 0. The first kappa shape index (κ1) is 11.8. The van der Waals surface area contributed by atoms with Crippen molar-refractivity contribution in [3.8, 4) is 0 Å². The van der Waals surface area contributed by atoms with Crippen LogP contribution in [0.4, 0.5) is 0 Å². The Hall–Kier alpha value is -1.32. The second-order valence-corrected chi connectivity index (χ2v) is 5.92. The summed E-state index contributed by atoms with van der Waals surface area (Å²) < 4.78 is 5.14. The maximum Gasteiger partial charge on any atom is 0.225 e. The number of carbonyl (C=O) groups is 1. The molecular formula is C14H20N2O2. The average Bonchev–Trinajstić information content (AvgIpc) is 2.84. The molecule has 0 bridgehead atoms. The Morgan fingerprint density at radius 2 is 2.00 bits per heavy atom. The molecule has 1 heterocycles. The van der Waals surface area contributed by atoms with Gasteiger partial charge in [-0.2, -0.15) is 0 Å². The zero-order chi connectivity index (χ0) is 12.9. The number of amides is 1. The maximum absolute atomic E-state index is 12.3. The van der Waals surface area contributed by atoms with Crippen LogP contribution in [0, 0.1) is 31.6 Å². The van der Waals surface area contributed by atoms with Crippen LogP contribution in [0.2, 0.25) is 0 Å². The molecule has 1 aromatic heterocycles. The van der Waals surface area contributed by atoms with Crippen molar-refractivity contribution in [3.05, 3.63) is 17.0 Å². The Kier molecular flexibility index (Phi) is 2.68. The normalized spacial score (nSPS) is 29.2. The predicted octanol–water partition coefficient (Wildman–Crippen LogP) is 2.30. The van der Waals surface area contributed by atoms with Gasteiger partial charge in [0, 0.05) is 18.5 Å². The van der Waals surface area contributed by atoms with Crippen LogP contribution >= 0.6 is 0 Å². The molecule has 4 heteroatoms. The first-order chi connectivity index (χ1) is 8.56. The number of rotatable bonds is 3. The van der Waals surface area contributed by atoms with Crippen molar-refractivity contribution in [3.63, 3.8) is 0 Å². The number of hydrogen-bond acceptors (Lipinski definition) is 3. The molecule has 0 N–H and O–H groups in total. The summed E-state index contributed by atoms with van der Waals surface area (Å²) in [7, 11) is 1.89. The molecule has 0 saturated heterocycles. The first-order valence-corrected chi connectivity index (χ1v) is 6.73. The van der Waals surface area contributed by atoms with Crippen molar-refractivity contribution in [2.45, 2.75) is 39.7 Å². The van der Waals surface area contributed by atoms with Crippen LogP contribution in [0.3, 0.4) is 0 Å². The van der Waals surface area contributed by atoms with E-state index in [2.05, 4.69) is 5.16 Å². The summed E-state index contributed by atoms with van der Waals surface area (Å²) in [5.41, 5.74) is 1.94. The topological polar surface area (TPSA) is 46.3 Å². The molecule has 98 valence electrons. The third-order valence-electron chi connectivity index (χ3n) is 4.55. The van der Waals surface area contributed by atoms with Gasteiger partial charge in [-0.1, -0.05) is 5.16 Å². The lowest BCUT2D eigenvalue weighted by molar-refractivity contribution is -0.134. The fourth-order valence-electron chi connectivity index (χ4n) is 3.27. The van der Waals surface area contributed by atoms with Gasteiger partial charge in [-0.25, -0.2) is 0 Å². The minimum Gasteiger partial charge on any atom is -0.361 e. The van der Waals surface area contributed by atoms with Crippen LogP contribution in [-0.4, -0.2) is 23.0 Å². The lowest BCUT2D eigenvalue weighted by Gasteiger charge is -2.21. The van der Waals surface area contributed by atoms with Gasteiger partial charge in [-0.05, 0) is 44.9 Å². The van der Waals surface area contributed by atoms with E-state index in [0.29, 0.717) is 12.5 Å². The monoisotopic (exact) mass is 248 g/mol. The number of carbonyl (C=O) groups excluding carboxylic acids is 1. The Bertz CT molecular complexity index is 451. The van der Waals surface area contributed by atoms with Crippen LogP contribution in [0.5, 0.6) is 0 Å². The molecule has 0 radical (unpaired) electrons. The first-order valence-electron chi connectivity index (χ1n) is 6.73. The van der Waals surface area contributed by atoms with Gasteiger partial charge in [0.1, 0.15) is 5.76 Å². The summed E-state index contributed by atoms with van der Waals surface area (Å²) >= 11 is 0. The molecule has 1 amide bonds. The van der Waals surface area contributed by atoms with E-state index in [1.54, 1.807) is 0 Å². The Labute approximate surface area is 107 Å². The second-order valence-electron chi connectivity index (χ2n) is 5.92. The Balaban J connectivity index is 1.64. The molecule has 1 aromatic rings. The minimum absolute atomic E-state index is 0.263. The summed E-state index contributed by atoms with van der Waals surface area (Å²) in [5.74, 6) is 3.08. The van der Waals surface area contributed by atoms with Gasteiger partial charge in [0.2, 0.25) is 5.91 Å². The fourth-order valence-corrected chi connectivity index (χ4v) is 3.27. The molecule has 2 saturated carbocycles. The lowest BCUT2D eigenvalue weighted by Crippen LogP contribution is -2.32. The third-order valence-corrected chi connectivity index (χ3v) is 4.55. The summed E-state index contributed by atoms with van der Waals surface area (Å²) in [6.45, 7) is 4.44. The highest BCUT2D eigenvalue weighted by molar-refractivity contribution is 5.79. The van der Waals surface area contributed by atoms with Gasteiger partial charge in [0.25, 0.3) is 0 Å². The van der Waals surface area contributed by atoms with E-state index in [0.717, 1.165) is 41.7 Å². The molecule has 2 aliphatic carbocycles. The molecule has 2 fully saturated rings. The summed E-state index contributed by atoms with van der Waals surface area (Å²) in [6.07, 6.45) is 3.57. The zero-order valence-corrected chi connectivity index (χ0v) is 11.3. The maximum atomic E-state index is 12.3. The Morgan fingerprint density at radius 3 is 2.56 bits per heavy atom. The standard InChI is InChI=1S/C14H20N2O2/c1-8-13(9(2)18-15-8)7-16(3)14(17)12-5-10-4-11(10)6-12/h10-12H,4-7H2,1-3H3. The van der Waals surface area contributed by atoms with E-state index in [4.69, 9.17) is 4.52 Å². The van der Waals surface area contributed by atoms with Gasteiger partial charge in [-0.3, -0.25) is 4.79 Å². The van der Waals surface area contributed by atoms with Crippen LogP contribution in [0.15, 0.2) is 4.52 Å². The second kappa shape index (κ2) is 4.11. The van der Waals surface area contributed by atoms with Crippen molar-refractivity contribution in [2.75, 3.05) is 7.05 Å². The number of hydrogen-bond donors (Lipinski definition) is 0. The van der Waals surface area contributed by atoms with Gasteiger partial charge in [-0.15, -0.1) is 0 Å². The van der Waals surface area contributed by atoms with Crippen molar-refractivity contribution in [1.82, 2.24) is 10.1 Å². The van der Waals surface area contributed by atoms with Crippen molar-refractivity contribution < 1.29 is 9.32 Å². The quantitative estimate of drug-likeness (QED) is 0.824. The van der Waals surface area contributed by atoms with Crippen molar-refractivity contribution in [1.29, 1.82) is 0 Å². The Morgan fingerprint density at radius 1 is 1.33 bits per heavy atom. The number of fused-ring (bicyclic) bond motifs is 1. The highest BCUT2D eigenvalue weighted by atomic mass is 16.5. The van der Waals surface area contributed by atoms with Crippen LogP contribution in [0.25, 0.3) is 0 Å². The zero-order valence-electron chi connectivity index (χ0n) is 11.3. The van der Waals surface area contributed by atoms with Gasteiger partial charge < -0.3 is 9.42 Å². The molecule has 0 spiro atoms. The van der Waals surface area contributed by atoms with Crippen molar-refractivity contribution >= 4 is 5.91 Å². The van der Waals surface area contributed by atoms with Crippen molar-refractivity contribution in [2.24, 2.45) is 17.8 Å². The van der Waals surface area contributed by atoms with Crippen LogP contribution in [0.1, 0.15) is 36.3 Å². The van der Waals surface area contributed by atoms with E-state index in [-0.39, 0.29) is 5.92 Å². The minimum atomic E-state index is 0.263. The van der Waals surface area contributed by atoms with Gasteiger partial charge >= 0.3 is 0 Å². The molecule has 0 aliphatic heterocycles. The van der Waals surface area contributed by atoms with Crippen LogP contribution in [-0.2, 0) is 11.3 Å². The molecule has 2 unspecified atom stereocenters. The van der Waals surface area contributed by atoms with Crippen LogP contribution < -0.4 is 0 Å². The number of aromatic nitrogens is 1. The number of nitrogens with zero attached hydrogens (tertiary/aromatic N) is 2. The highest BCUT2D eigenvalue weighted by Gasteiger charge is 2.48. The van der Waals surface area contributed by atoms with E-state index in [1.165, 1.54) is 6.42 Å². The summed E-state index contributed by atoms with van der Waals surface area (Å²) in [5, 5.41) is 3.93. The molecule has 2 aliphatic rings. The van der Waals surface area contributed by atoms with E-state index >= 15 is 0 Å². The molecular weight excluding hydrogens is 228 g/mol. The molecule has 4 nitrogen and oxygen atoms in total. The smallest absolute Gasteiger partial charge is 0.225 e. The van der Waals surface area contributed by atoms with Gasteiger partial charge in [0.05, 0.1) is 12.2 Å². The SMILES string of the molecule is Cc1noc(C)c1CN(C)C(=O)C1CC2CC2C1. The molecule has 18 heavy (non-hydrogen) atoms. The largest absolute Gasteiger partial charge is 0.361 e. The van der Waals surface area contributed by atoms with E-state index < -0.39 is 0 Å². The number of aryl methyl sites for hydroxylation is 2. The highest BCUT2D eigenvalue weighted by Crippen LogP contribution is 2.54. The average molecular weight is 248 g/mol. The van der Waals surface area contributed by atoms with E-state index in [1.807, 2.05) is 25.8 Å². The van der Waals surface area contributed by atoms with Gasteiger partial charge in [0.15, 0.2) is 0 Å². The molecule has 0 aromatic carbocycles. The third kappa shape index (κ3) is 1.93. The van der Waals surface area contributed by atoms with E-state index in [9.17, 15) is 4.79 Å². The summed E-state index contributed by atoms with van der Waals surface area (Å²) in [4.78, 5) is 14.2. The lowest BCUT2D eigenvalue weighted by atomic mass is 10.0.